The first-order chi connectivity index (χ1) is 10.8. The van der Waals surface area contributed by atoms with Crippen LogP contribution in [0.5, 0.6) is 0 Å². The van der Waals surface area contributed by atoms with E-state index < -0.39 is 0 Å². The van der Waals surface area contributed by atoms with Crippen LogP contribution in [0.3, 0.4) is 0 Å². The van der Waals surface area contributed by atoms with E-state index in [1.165, 1.54) is 0 Å². The average Bonchev–Trinajstić information content (AvgIpc) is 3.25. The van der Waals surface area contributed by atoms with Crippen LogP contribution in [-0.2, 0) is 4.79 Å². The molecule has 6 heteroatoms. The van der Waals surface area contributed by atoms with Gasteiger partial charge < -0.3 is 9.32 Å². The molecule has 0 spiro atoms. The Bertz CT molecular complexity index is 648. The van der Waals surface area contributed by atoms with Crippen LogP contribution in [0.15, 0.2) is 41.3 Å². The number of hydrogen-bond donors (Lipinski definition) is 0. The molecule has 0 N–H and O–H groups in total. The van der Waals surface area contributed by atoms with Crippen LogP contribution in [-0.4, -0.2) is 37.9 Å². The monoisotopic (exact) mass is 298 g/mol. The SMILES string of the molecule is O=C(/C=C/c1ccco1)N1C2CCC1CC(n1nccn1)C2. The van der Waals surface area contributed by atoms with Crippen molar-refractivity contribution in [1.82, 2.24) is 19.9 Å². The fourth-order valence-electron chi connectivity index (χ4n) is 3.74. The highest BCUT2D eigenvalue weighted by Crippen LogP contribution is 2.40. The zero-order valence-corrected chi connectivity index (χ0v) is 12.2. The van der Waals surface area contributed by atoms with Gasteiger partial charge in [0.25, 0.3) is 0 Å². The fourth-order valence-corrected chi connectivity index (χ4v) is 3.74. The largest absolute Gasteiger partial charge is 0.465 e. The normalized spacial score (nSPS) is 27.6. The van der Waals surface area contributed by atoms with E-state index in [4.69, 9.17) is 4.42 Å². The smallest absolute Gasteiger partial charge is 0.247 e. The number of furan rings is 1. The molecule has 2 atom stereocenters. The lowest BCUT2D eigenvalue weighted by molar-refractivity contribution is -0.130. The molecule has 0 saturated carbocycles. The molecule has 0 aromatic carbocycles. The maximum absolute atomic E-state index is 12.5. The minimum Gasteiger partial charge on any atom is -0.465 e. The predicted octanol–water partition coefficient (Wildman–Crippen LogP) is 2.28. The number of amides is 1. The van der Waals surface area contributed by atoms with Crippen LogP contribution in [0.1, 0.15) is 37.5 Å². The molecule has 0 aliphatic carbocycles. The van der Waals surface area contributed by atoms with Crippen LogP contribution in [0.25, 0.3) is 6.08 Å². The highest BCUT2D eigenvalue weighted by Gasteiger charge is 2.43. The predicted molar refractivity (Wildman–Crippen MR) is 79.7 cm³/mol. The van der Waals surface area contributed by atoms with Crippen molar-refractivity contribution in [2.24, 2.45) is 0 Å². The van der Waals surface area contributed by atoms with Crippen molar-refractivity contribution in [1.29, 1.82) is 0 Å². The lowest BCUT2D eigenvalue weighted by atomic mass is 9.97. The molecule has 1 amide bonds. The molecular weight excluding hydrogens is 280 g/mol. The van der Waals surface area contributed by atoms with Gasteiger partial charge in [-0.3, -0.25) is 4.79 Å². The summed E-state index contributed by atoms with van der Waals surface area (Å²) in [4.78, 5) is 16.3. The second kappa shape index (κ2) is 5.44. The molecule has 2 bridgehead atoms. The van der Waals surface area contributed by atoms with E-state index >= 15 is 0 Å². The van der Waals surface area contributed by atoms with Crippen molar-refractivity contribution in [3.63, 3.8) is 0 Å². The lowest BCUT2D eigenvalue weighted by Gasteiger charge is -2.37. The van der Waals surface area contributed by atoms with Gasteiger partial charge in [0.1, 0.15) is 5.76 Å². The number of nitrogens with zero attached hydrogens (tertiary/aromatic N) is 4. The van der Waals surface area contributed by atoms with Crippen LogP contribution in [0.4, 0.5) is 0 Å². The molecule has 2 aliphatic heterocycles. The molecule has 4 rings (SSSR count). The van der Waals surface area contributed by atoms with Crippen LogP contribution < -0.4 is 0 Å². The molecule has 6 nitrogen and oxygen atoms in total. The lowest BCUT2D eigenvalue weighted by Crippen LogP contribution is -2.46. The molecule has 4 heterocycles. The highest BCUT2D eigenvalue weighted by molar-refractivity contribution is 5.92. The Balaban J connectivity index is 1.47. The third-order valence-corrected chi connectivity index (χ3v) is 4.66. The van der Waals surface area contributed by atoms with E-state index in [2.05, 4.69) is 10.2 Å². The topological polar surface area (TPSA) is 64.2 Å². The third kappa shape index (κ3) is 2.34. The summed E-state index contributed by atoms with van der Waals surface area (Å²) in [5.74, 6) is 0.784. The van der Waals surface area contributed by atoms with Crippen LogP contribution in [0.2, 0.25) is 0 Å². The van der Waals surface area contributed by atoms with Gasteiger partial charge in [0.15, 0.2) is 0 Å². The zero-order valence-electron chi connectivity index (χ0n) is 12.2. The molecular formula is C16H18N4O2. The molecule has 2 unspecified atom stereocenters. The van der Waals surface area contributed by atoms with Crippen molar-refractivity contribution >= 4 is 12.0 Å². The van der Waals surface area contributed by atoms with Gasteiger partial charge in [0.05, 0.1) is 24.7 Å². The summed E-state index contributed by atoms with van der Waals surface area (Å²) in [5.41, 5.74) is 0. The van der Waals surface area contributed by atoms with E-state index in [0.29, 0.717) is 23.9 Å². The molecule has 2 aromatic rings. The summed E-state index contributed by atoms with van der Waals surface area (Å²) in [7, 11) is 0. The average molecular weight is 298 g/mol. The Morgan fingerprint density at radius 1 is 1.18 bits per heavy atom. The van der Waals surface area contributed by atoms with Gasteiger partial charge >= 0.3 is 0 Å². The Morgan fingerprint density at radius 3 is 2.55 bits per heavy atom. The maximum Gasteiger partial charge on any atom is 0.247 e. The van der Waals surface area contributed by atoms with Crippen molar-refractivity contribution in [2.75, 3.05) is 0 Å². The molecule has 114 valence electrons. The Morgan fingerprint density at radius 2 is 1.91 bits per heavy atom. The molecule has 0 radical (unpaired) electrons. The van der Waals surface area contributed by atoms with Gasteiger partial charge in [-0.1, -0.05) is 0 Å². The van der Waals surface area contributed by atoms with Gasteiger partial charge in [0, 0.05) is 18.2 Å². The first-order valence-electron chi connectivity index (χ1n) is 7.71. The Labute approximate surface area is 128 Å². The second-order valence-corrected chi connectivity index (χ2v) is 5.95. The first-order valence-corrected chi connectivity index (χ1v) is 7.71. The standard InChI is InChI=1S/C16H18N4O2/c21-16(6-5-15-2-1-9-22-15)19-12-3-4-13(19)11-14(10-12)20-17-7-8-18-20/h1-2,5-9,12-14H,3-4,10-11H2/b6-5+. The van der Waals surface area contributed by atoms with E-state index in [9.17, 15) is 4.79 Å². The molecule has 2 fully saturated rings. The summed E-state index contributed by atoms with van der Waals surface area (Å²) >= 11 is 0. The van der Waals surface area contributed by atoms with Crippen molar-refractivity contribution < 1.29 is 9.21 Å². The number of rotatable bonds is 3. The van der Waals surface area contributed by atoms with Gasteiger partial charge in [-0.25, -0.2) is 0 Å². The van der Waals surface area contributed by atoms with Gasteiger partial charge in [-0.05, 0) is 43.9 Å². The van der Waals surface area contributed by atoms with Crippen molar-refractivity contribution in [3.05, 3.63) is 42.6 Å². The number of carbonyl (C=O) groups is 1. The zero-order chi connectivity index (χ0) is 14.9. The quantitative estimate of drug-likeness (QED) is 0.815. The number of carbonyl (C=O) groups excluding carboxylic acids is 1. The summed E-state index contributed by atoms with van der Waals surface area (Å²) in [6.45, 7) is 0. The number of fused-ring (bicyclic) bond motifs is 2. The summed E-state index contributed by atoms with van der Waals surface area (Å²) in [5, 5.41) is 8.50. The van der Waals surface area contributed by atoms with E-state index in [-0.39, 0.29) is 5.91 Å². The van der Waals surface area contributed by atoms with Gasteiger partial charge in [-0.15, -0.1) is 0 Å². The van der Waals surface area contributed by atoms with Gasteiger partial charge in [0.2, 0.25) is 5.91 Å². The van der Waals surface area contributed by atoms with Crippen molar-refractivity contribution in [3.8, 4) is 0 Å². The number of piperidine rings is 1. The third-order valence-electron chi connectivity index (χ3n) is 4.66. The minimum atomic E-state index is 0.0794. The Kier molecular flexibility index (Phi) is 3.29. The van der Waals surface area contributed by atoms with Crippen LogP contribution >= 0.6 is 0 Å². The maximum atomic E-state index is 12.5. The van der Waals surface area contributed by atoms with Crippen molar-refractivity contribution in [2.45, 2.75) is 43.8 Å². The first kappa shape index (κ1) is 13.3. The summed E-state index contributed by atoms with van der Waals surface area (Å²) < 4.78 is 5.23. The second-order valence-electron chi connectivity index (χ2n) is 5.95. The van der Waals surface area contributed by atoms with E-state index in [1.807, 2.05) is 17.0 Å². The molecule has 2 saturated heterocycles. The molecule has 2 aliphatic rings. The number of hydrogen-bond acceptors (Lipinski definition) is 4. The highest BCUT2D eigenvalue weighted by atomic mass is 16.3. The minimum absolute atomic E-state index is 0.0794. The van der Waals surface area contributed by atoms with Crippen LogP contribution in [0, 0.1) is 0 Å². The Hall–Kier alpha value is -2.37. The summed E-state index contributed by atoms with van der Waals surface area (Å²) in [6, 6.07) is 4.56. The molecule has 2 aromatic heterocycles. The summed E-state index contributed by atoms with van der Waals surface area (Å²) in [6.07, 6.45) is 12.4. The van der Waals surface area contributed by atoms with E-state index in [0.717, 1.165) is 25.7 Å². The van der Waals surface area contributed by atoms with Gasteiger partial charge in [-0.2, -0.15) is 15.0 Å². The molecule has 22 heavy (non-hydrogen) atoms. The van der Waals surface area contributed by atoms with E-state index in [1.54, 1.807) is 35.6 Å². The number of aromatic nitrogens is 3. The fraction of sp³-hybridized carbons (Fsp3) is 0.438.